The average Bonchev–Trinajstić information content (AvgIpc) is 3.51. The summed E-state index contributed by atoms with van der Waals surface area (Å²) in [6.45, 7) is 8.28. The number of rotatable bonds is 39. The highest BCUT2D eigenvalue weighted by Crippen LogP contribution is 2.43. The number of aryl methyl sites for hydroxylation is 2. The van der Waals surface area contributed by atoms with Crippen LogP contribution in [0.3, 0.4) is 0 Å². The van der Waals surface area contributed by atoms with Crippen molar-refractivity contribution < 1.29 is 56.7 Å². The first-order chi connectivity index (χ1) is 31.1. The molecule has 0 aliphatic rings. The Hall–Kier alpha value is -3.35. The molecule has 1 aromatic rings. The molecule has 3 N–H and O–H groups in total. The number of carbonyl (C=O) groups is 2. The Balaban J connectivity index is 2.44. The first kappa shape index (κ1) is 59.7. The third-order valence-corrected chi connectivity index (χ3v) is 11.6. The Morgan fingerprint density at radius 1 is 0.692 bits per heavy atom. The van der Waals surface area contributed by atoms with Gasteiger partial charge in [0.05, 0.1) is 40.0 Å². The number of phosphoric ester groups is 1. The number of aliphatic hydroxyl groups excluding tert-OH is 2. The minimum Gasteiger partial charge on any atom is -0.466 e. The number of aliphatic hydroxyl groups is 2. The third-order valence-electron chi connectivity index (χ3n) is 10.6. The molecule has 1 heterocycles. The molecule has 0 spiro atoms. The molecule has 0 fully saturated rings. The molecule has 12 nitrogen and oxygen atoms in total. The molecule has 0 bridgehead atoms. The standard InChI is InChI=1S/C52H86NO11P/c1-8-10-24-32-46(54)33-26-19-15-14-16-20-27-34-47(55)35-28-23-31-39-52(57)63-48(43-62-65(58,59)61-41-40-53(5,6)7)42-60-51(56)38-30-22-18-13-12-17-21-29-37-50-45(4)44(3)49(64-50)36-25-11-9-2/h10,15-16,19-20,24,26-28,33-35,46-48,54-55H,8-9,11-14,17-18,21-23,25,29-32,36-43H2,1-7H3/p+1/b19-15-,20-16-,24-10-,33-26+,34-27+,35-28-/t46-,47-,48+/m0/s1. The van der Waals surface area contributed by atoms with Crippen molar-refractivity contribution in [1.82, 2.24) is 0 Å². The number of nitrogens with zero attached hydrogens (tertiary/aromatic N) is 1. The lowest BCUT2D eigenvalue weighted by atomic mass is 10.0. The lowest BCUT2D eigenvalue weighted by molar-refractivity contribution is -0.870. The van der Waals surface area contributed by atoms with Gasteiger partial charge in [0.25, 0.3) is 0 Å². The molecule has 0 aliphatic carbocycles. The van der Waals surface area contributed by atoms with Gasteiger partial charge in [0.1, 0.15) is 31.3 Å². The van der Waals surface area contributed by atoms with Crippen molar-refractivity contribution in [2.45, 2.75) is 174 Å². The molecule has 1 aromatic heterocycles. The SMILES string of the molecule is CC/C=C\C[C@H](O)/C=C/C=C\C/C=C\C=C\[C@H](O)/C=C\CCCC(=O)O[C@H](COC(=O)CCCCCCCCCCc1oc(CCCCC)c(C)c1C)COP(=O)(O)OCC[N+](C)(C)C. The number of hydrogen-bond donors (Lipinski definition) is 3. The van der Waals surface area contributed by atoms with Crippen molar-refractivity contribution in [3.05, 3.63) is 95.6 Å². The number of carbonyl (C=O) groups excluding carboxylic acids is 2. The molecule has 65 heavy (non-hydrogen) atoms. The minimum absolute atomic E-state index is 0.0166. The first-order valence-electron chi connectivity index (χ1n) is 24.3. The predicted molar refractivity (Wildman–Crippen MR) is 262 cm³/mol. The highest BCUT2D eigenvalue weighted by Gasteiger charge is 2.27. The number of phosphoric acid groups is 1. The van der Waals surface area contributed by atoms with Crippen molar-refractivity contribution in [3.63, 3.8) is 0 Å². The fraction of sp³-hybridized carbons (Fsp3) is 0.654. The molecule has 1 rings (SSSR count). The summed E-state index contributed by atoms with van der Waals surface area (Å²) in [5.74, 6) is 1.30. The van der Waals surface area contributed by atoms with E-state index in [9.17, 15) is 29.3 Å². The van der Waals surface area contributed by atoms with Gasteiger partial charge in [-0.15, -0.1) is 0 Å². The number of hydrogen-bond acceptors (Lipinski definition) is 10. The summed E-state index contributed by atoms with van der Waals surface area (Å²) in [5.41, 5.74) is 2.63. The maximum Gasteiger partial charge on any atom is 0.472 e. The summed E-state index contributed by atoms with van der Waals surface area (Å²) >= 11 is 0. The van der Waals surface area contributed by atoms with E-state index < -0.39 is 44.7 Å². The third kappa shape index (κ3) is 33.7. The van der Waals surface area contributed by atoms with E-state index >= 15 is 0 Å². The summed E-state index contributed by atoms with van der Waals surface area (Å²) in [7, 11) is 1.31. The fourth-order valence-corrected chi connectivity index (χ4v) is 7.26. The Morgan fingerprint density at radius 2 is 1.29 bits per heavy atom. The molecule has 1 unspecified atom stereocenters. The van der Waals surface area contributed by atoms with Crippen LogP contribution in [0.4, 0.5) is 0 Å². The van der Waals surface area contributed by atoms with Crippen LogP contribution in [0.25, 0.3) is 0 Å². The molecule has 13 heteroatoms. The van der Waals surface area contributed by atoms with E-state index in [0.717, 1.165) is 62.9 Å². The molecule has 4 atom stereocenters. The van der Waals surface area contributed by atoms with Crippen LogP contribution in [0.1, 0.15) is 152 Å². The zero-order chi connectivity index (χ0) is 48.2. The monoisotopic (exact) mass is 933 g/mol. The molecular formula is C52H87NO11P+. The molecule has 0 aromatic carbocycles. The van der Waals surface area contributed by atoms with Crippen LogP contribution in [0.15, 0.2) is 77.3 Å². The Morgan fingerprint density at radius 3 is 1.92 bits per heavy atom. The highest BCUT2D eigenvalue weighted by molar-refractivity contribution is 7.47. The lowest BCUT2D eigenvalue weighted by Crippen LogP contribution is -2.37. The van der Waals surface area contributed by atoms with E-state index in [1.165, 1.54) is 43.2 Å². The Kier molecular flexibility index (Phi) is 33.7. The van der Waals surface area contributed by atoms with Crippen LogP contribution < -0.4 is 0 Å². The van der Waals surface area contributed by atoms with Gasteiger partial charge in [-0.05, 0) is 76.3 Å². The minimum atomic E-state index is -4.45. The van der Waals surface area contributed by atoms with Crippen molar-refractivity contribution in [2.75, 3.05) is 47.5 Å². The van der Waals surface area contributed by atoms with Crippen LogP contribution in [-0.4, -0.2) is 97.3 Å². The first-order valence-corrected chi connectivity index (χ1v) is 25.8. The fourth-order valence-electron chi connectivity index (χ4n) is 6.52. The van der Waals surface area contributed by atoms with Crippen LogP contribution in [0.2, 0.25) is 0 Å². The number of ether oxygens (including phenoxy) is 2. The van der Waals surface area contributed by atoms with Crippen molar-refractivity contribution in [3.8, 4) is 0 Å². The maximum absolute atomic E-state index is 12.8. The van der Waals surface area contributed by atoms with Gasteiger partial charge in [-0.25, -0.2) is 4.57 Å². The zero-order valence-corrected chi connectivity index (χ0v) is 42.0. The largest absolute Gasteiger partial charge is 0.472 e. The maximum atomic E-state index is 12.8. The van der Waals surface area contributed by atoms with Gasteiger partial charge in [-0.1, -0.05) is 138 Å². The number of unbranched alkanes of at least 4 members (excludes halogenated alkanes) is 10. The van der Waals surface area contributed by atoms with Crippen LogP contribution in [0.5, 0.6) is 0 Å². The normalized spacial score (nSPS) is 15.0. The van der Waals surface area contributed by atoms with E-state index in [0.29, 0.717) is 43.1 Å². The van der Waals surface area contributed by atoms with Crippen molar-refractivity contribution >= 4 is 19.8 Å². The second kappa shape index (κ2) is 36.7. The lowest BCUT2D eigenvalue weighted by Gasteiger charge is -2.24. The summed E-state index contributed by atoms with van der Waals surface area (Å²) in [4.78, 5) is 35.6. The van der Waals surface area contributed by atoms with Crippen LogP contribution >= 0.6 is 7.82 Å². The van der Waals surface area contributed by atoms with Gasteiger partial charge in [0.2, 0.25) is 0 Å². The van der Waals surface area contributed by atoms with E-state index in [2.05, 4.69) is 27.7 Å². The Labute approximate surface area is 392 Å². The van der Waals surface area contributed by atoms with Gasteiger partial charge in [0.15, 0.2) is 6.10 Å². The number of furan rings is 1. The highest BCUT2D eigenvalue weighted by atomic mass is 31.2. The number of likely N-dealkylation sites (N-methyl/N-ethyl adjacent to an activating group) is 1. The second-order valence-corrected chi connectivity index (χ2v) is 19.2. The van der Waals surface area contributed by atoms with Gasteiger partial charge in [-0.3, -0.25) is 18.6 Å². The van der Waals surface area contributed by atoms with E-state index in [-0.39, 0.29) is 26.1 Å². The van der Waals surface area contributed by atoms with Gasteiger partial charge in [0, 0.05) is 25.7 Å². The number of allylic oxidation sites excluding steroid dienone is 8. The molecule has 0 radical (unpaired) electrons. The van der Waals surface area contributed by atoms with Crippen LogP contribution in [0, 0.1) is 13.8 Å². The quantitative estimate of drug-likeness (QED) is 0.0144. The summed E-state index contributed by atoms with van der Waals surface area (Å²) in [6, 6.07) is 0. The zero-order valence-electron chi connectivity index (χ0n) is 41.1. The van der Waals surface area contributed by atoms with Gasteiger partial charge in [-0.2, -0.15) is 0 Å². The number of quaternary nitrogens is 1. The molecule has 0 saturated carbocycles. The molecule has 0 aliphatic heterocycles. The average molecular weight is 933 g/mol. The smallest absolute Gasteiger partial charge is 0.466 e. The molecular weight excluding hydrogens is 846 g/mol. The molecule has 0 saturated heterocycles. The van der Waals surface area contributed by atoms with Crippen molar-refractivity contribution in [2.24, 2.45) is 0 Å². The summed E-state index contributed by atoms with van der Waals surface area (Å²) in [5, 5.41) is 20.1. The van der Waals surface area contributed by atoms with E-state index in [1.807, 2.05) is 63.7 Å². The van der Waals surface area contributed by atoms with Crippen molar-refractivity contribution in [1.29, 1.82) is 0 Å². The number of esters is 2. The molecule has 0 amide bonds. The van der Waals surface area contributed by atoms with Gasteiger partial charge < -0.3 is 33.5 Å². The molecule has 370 valence electrons. The topological polar surface area (TPSA) is 162 Å². The van der Waals surface area contributed by atoms with E-state index in [1.54, 1.807) is 30.4 Å². The van der Waals surface area contributed by atoms with Crippen LogP contribution in [-0.2, 0) is 45.5 Å². The predicted octanol–water partition coefficient (Wildman–Crippen LogP) is 11.4. The summed E-state index contributed by atoms with van der Waals surface area (Å²) in [6.07, 6.45) is 37.1. The Bertz CT molecular complexity index is 1650. The summed E-state index contributed by atoms with van der Waals surface area (Å²) < 4.78 is 40.5. The second-order valence-electron chi connectivity index (χ2n) is 17.7. The van der Waals surface area contributed by atoms with Gasteiger partial charge >= 0.3 is 19.8 Å². The van der Waals surface area contributed by atoms with E-state index in [4.69, 9.17) is 22.9 Å².